The average Bonchev–Trinajstić information content (AvgIpc) is 2.71. The highest BCUT2D eigenvalue weighted by molar-refractivity contribution is 5.10. The molecule has 0 bridgehead atoms. The number of piperazine rings is 1. The van der Waals surface area contributed by atoms with Crippen LogP contribution >= 0.6 is 0 Å². The van der Waals surface area contributed by atoms with E-state index in [0.717, 1.165) is 26.1 Å². The molecule has 4 nitrogen and oxygen atoms in total. The molecule has 0 spiro atoms. The van der Waals surface area contributed by atoms with Crippen LogP contribution in [-0.2, 0) is 20.0 Å². The molecule has 1 aromatic heterocycles. The van der Waals surface area contributed by atoms with E-state index in [1.165, 1.54) is 30.8 Å². The smallest absolute Gasteiger partial charge is 0.0625 e. The van der Waals surface area contributed by atoms with Crippen LogP contribution in [0.1, 0.15) is 38.1 Å². The van der Waals surface area contributed by atoms with E-state index in [-0.39, 0.29) is 0 Å². The Bertz CT molecular complexity index is 370. The van der Waals surface area contributed by atoms with Crippen molar-refractivity contribution >= 4 is 0 Å². The van der Waals surface area contributed by atoms with Crippen LogP contribution in [0.3, 0.4) is 0 Å². The molecule has 0 radical (unpaired) electrons. The summed E-state index contributed by atoms with van der Waals surface area (Å²) in [6.45, 7) is 8.88. The number of aryl methyl sites for hydroxylation is 2. The highest BCUT2D eigenvalue weighted by atomic mass is 15.3. The molecule has 0 aliphatic carbocycles. The first kappa shape index (κ1) is 13.6. The van der Waals surface area contributed by atoms with Crippen molar-refractivity contribution in [1.29, 1.82) is 0 Å². The summed E-state index contributed by atoms with van der Waals surface area (Å²) in [5.41, 5.74) is 2.54. The van der Waals surface area contributed by atoms with Gasteiger partial charge in [-0.1, -0.05) is 20.3 Å². The standard InChI is InChI=1S/C14H26N4/c1-4-6-13-10-18(8-7-15-13)11-14-9-12(5-2)16-17(14)3/h9,13,15H,4-8,10-11H2,1-3H3. The van der Waals surface area contributed by atoms with Crippen molar-refractivity contribution in [3.05, 3.63) is 17.5 Å². The Kier molecular flexibility index (Phi) is 4.78. The average molecular weight is 250 g/mol. The number of nitrogens with one attached hydrogen (secondary N) is 1. The maximum absolute atomic E-state index is 4.52. The number of hydrogen-bond donors (Lipinski definition) is 1. The molecule has 1 atom stereocenters. The maximum atomic E-state index is 4.52. The van der Waals surface area contributed by atoms with Crippen molar-refractivity contribution in [2.45, 2.75) is 45.7 Å². The summed E-state index contributed by atoms with van der Waals surface area (Å²) in [6, 6.07) is 2.92. The second-order valence-electron chi connectivity index (χ2n) is 5.28. The molecule has 2 rings (SSSR count). The van der Waals surface area contributed by atoms with E-state index >= 15 is 0 Å². The molecule has 4 heteroatoms. The Morgan fingerprint density at radius 3 is 2.94 bits per heavy atom. The predicted octanol–water partition coefficient (Wildman–Crippen LogP) is 1.56. The van der Waals surface area contributed by atoms with Gasteiger partial charge in [0.25, 0.3) is 0 Å². The Hall–Kier alpha value is -0.870. The van der Waals surface area contributed by atoms with Gasteiger partial charge in [0.1, 0.15) is 0 Å². The van der Waals surface area contributed by atoms with Gasteiger partial charge in [-0.2, -0.15) is 5.10 Å². The highest BCUT2D eigenvalue weighted by Crippen LogP contribution is 2.11. The molecule has 1 N–H and O–H groups in total. The molecule has 1 aromatic rings. The molecular formula is C14H26N4. The van der Waals surface area contributed by atoms with Crippen molar-refractivity contribution in [3.8, 4) is 0 Å². The van der Waals surface area contributed by atoms with Crippen molar-refractivity contribution in [1.82, 2.24) is 20.0 Å². The molecule has 0 aromatic carbocycles. The third-order valence-corrected chi connectivity index (χ3v) is 3.75. The van der Waals surface area contributed by atoms with Crippen molar-refractivity contribution in [2.24, 2.45) is 7.05 Å². The maximum Gasteiger partial charge on any atom is 0.0625 e. The second-order valence-corrected chi connectivity index (χ2v) is 5.28. The molecule has 0 amide bonds. The first-order valence-corrected chi connectivity index (χ1v) is 7.20. The third-order valence-electron chi connectivity index (χ3n) is 3.75. The minimum Gasteiger partial charge on any atom is -0.311 e. The Morgan fingerprint density at radius 1 is 1.44 bits per heavy atom. The van der Waals surface area contributed by atoms with Gasteiger partial charge in [0.2, 0.25) is 0 Å². The molecule has 1 fully saturated rings. The Morgan fingerprint density at radius 2 is 2.28 bits per heavy atom. The number of aromatic nitrogens is 2. The molecule has 0 saturated carbocycles. The quantitative estimate of drug-likeness (QED) is 0.861. The Balaban J connectivity index is 1.93. The van der Waals surface area contributed by atoms with Gasteiger partial charge in [-0.3, -0.25) is 9.58 Å². The zero-order valence-electron chi connectivity index (χ0n) is 11.9. The van der Waals surface area contributed by atoms with Gasteiger partial charge < -0.3 is 5.32 Å². The van der Waals surface area contributed by atoms with Gasteiger partial charge in [-0.25, -0.2) is 0 Å². The Labute approximate surface area is 110 Å². The topological polar surface area (TPSA) is 33.1 Å². The van der Waals surface area contributed by atoms with Crippen molar-refractivity contribution in [2.75, 3.05) is 19.6 Å². The number of rotatable bonds is 5. The zero-order valence-corrected chi connectivity index (χ0v) is 11.9. The summed E-state index contributed by atoms with van der Waals surface area (Å²) in [6.07, 6.45) is 3.56. The first-order chi connectivity index (χ1) is 8.72. The number of nitrogens with zero attached hydrogens (tertiary/aromatic N) is 3. The van der Waals surface area contributed by atoms with Gasteiger partial charge in [-0.05, 0) is 18.9 Å². The summed E-state index contributed by atoms with van der Waals surface area (Å²) in [7, 11) is 2.06. The number of hydrogen-bond acceptors (Lipinski definition) is 3. The molecule has 102 valence electrons. The van der Waals surface area contributed by atoms with Crippen LogP contribution < -0.4 is 5.32 Å². The van der Waals surface area contributed by atoms with Gasteiger partial charge in [0.05, 0.1) is 11.4 Å². The molecular weight excluding hydrogens is 224 g/mol. The van der Waals surface area contributed by atoms with Crippen LogP contribution in [0.4, 0.5) is 0 Å². The van der Waals surface area contributed by atoms with E-state index in [2.05, 4.69) is 42.3 Å². The summed E-state index contributed by atoms with van der Waals surface area (Å²) >= 11 is 0. The summed E-state index contributed by atoms with van der Waals surface area (Å²) in [4.78, 5) is 2.55. The fourth-order valence-corrected chi connectivity index (χ4v) is 2.70. The lowest BCUT2D eigenvalue weighted by atomic mass is 10.1. The SMILES string of the molecule is CCCC1CN(Cc2cc(CC)nn2C)CCN1. The van der Waals surface area contributed by atoms with Gasteiger partial charge in [-0.15, -0.1) is 0 Å². The minimum absolute atomic E-state index is 0.669. The van der Waals surface area contributed by atoms with E-state index in [4.69, 9.17) is 0 Å². The van der Waals surface area contributed by atoms with Crippen molar-refractivity contribution in [3.63, 3.8) is 0 Å². The lowest BCUT2D eigenvalue weighted by Gasteiger charge is -2.33. The normalized spacial score (nSPS) is 21.4. The van der Waals surface area contributed by atoms with Crippen LogP contribution in [0.25, 0.3) is 0 Å². The molecule has 18 heavy (non-hydrogen) atoms. The van der Waals surface area contributed by atoms with Crippen LogP contribution in [0.5, 0.6) is 0 Å². The van der Waals surface area contributed by atoms with Crippen LogP contribution in [0.15, 0.2) is 6.07 Å². The third kappa shape index (κ3) is 3.33. The van der Waals surface area contributed by atoms with Crippen molar-refractivity contribution < 1.29 is 0 Å². The first-order valence-electron chi connectivity index (χ1n) is 7.20. The second kappa shape index (κ2) is 6.34. The molecule has 1 unspecified atom stereocenters. The summed E-state index contributed by atoms with van der Waals surface area (Å²) in [5, 5.41) is 8.13. The van der Waals surface area contributed by atoms with Crippen LogP contribution in [0.2, 0.25) is 0 Å². The highest BCUT2D eigenvalue weighted by Gasteiger charge is 2.19. The lowest BCUT2D eigenvalue weighted by Crippen LogP contribution is -2.50. The monoisotopic (exact) mass is 250 g/mol. The lowest BCUT2D eigenvalue weighted by molar-refractivity contribution is 0.183. The van der Waals surface area contributed by atoms with Gasteiger partial charge in [0, 0.05) is 39.3 Å². The predicted molar refractivity (Wildman–Crippen MR) is 74.6 cm³/mol. The summed E-state index contributed by atoms with van der Waals surface area (Å²) < 4.78 is 2.04. The minimum atomic E-state index is 0.669. The largest absolute Gasteiger partial charge is 0.311 e. The fraction of sp³-hybridized carbons (Fsp3) is 0.786. The molecule has 1 aliphatic rings. The fourth-order valence-electron chi connectivity index (χ4n) is 2.70. The molecule has 1 aliphatic heterocycles. The van der Waals surface area contributed by atoms with E-state index in [0.29, 0.717) is 6.04 Å². The summed E-state index contributed by atoms with van der Waals surface area (Å²) in [5.74, 6) is 0. The molecule has 1 saturated heterocycles. The van der Waals surface area contributed by atoms with E-state index in [1.807, 2.05) is 4.68 Å². The van der Waals surface area contributed by atoms with Crippen LogP contribution in [0, 0.1) is 0 Å². The van der Waals surface area contributed by atoms with Gasteiger partial charge >= 0.3 is 0 Å². The van der Waals surface area contributed by atoms with E-state index < -0.39 is 0 Å². The van der Waals surface area contributed by atoms with E-state index in [9.17, 15) is 0 Å². The molecule has 2 heterocycles. The zero-order chi connectivity index (χ0) is 13.0. The van der Waals surface area contributed by atoms with E-state index in [1.54, 1.807) is 0 Å². The van der Waals surface area contributed by atoms with Crippen LogP contribution in [-0.4, -0.2) is 40.4 Å². The van der Waals surface area contributed by atoms with Gasteiger partial charge in [0.15, 0.2) is 0 Å².